The number of halogens is 1. The second-order valence-electron chi connectivity index (χ2n) is 4.93. The minimum Gasteiger partial charge on any atom is -0.352 e. The average molecular weight is 315 g/mol. The molecule has 0 saturated heterocycles. The number of carbonyl (C=O) groups excluding carboxylic acids is 2. The number of anilines is 1. The molecule has 0 aliphatic carbocycles. The molecule has 0 fully saturated rings. The van der Waals surface area contributed by atoms with Gasteiger partial charge in [-0.25, -0.2) is 4.79 Å². The molecule has 1 aromatic rings. The van der Waals surface area contributed by atoms with Crippen molar-refractivity contribution in [3.8, 4) is 0 Å². The maximum Gasteiger partial charge on any atom is 0.321 e. The van der Waals surface area contributed by atoms with Crippen molar-refractivity contribution in [2.75, 3.05) is 26.0 Å². The molecule has 0 aliphatic heterocycles. The molecule has 0 spiro atoms. The first kappa shape index (κ1) is 19.2. The van der Waals surface area contributed by atoms with E-state index in [0.717, 1.165) is 6.42 Å². The van der Waals surface area contributed by atoms with E-state index in [1.165, 1.54) is 4.90 Å². The van der Waals surface area contributed by atoms with Gasteiger partial charge in [0.25, 0.3) is 5.91 Å². The van der Waals surface area contributed by atoms with E-state index in [1.54, 1.807) is 38.4 Å². The third-order valence-electron chi connectivity index (χ3n) is 2.67. The molecular weight excluding hydrogens is 292 g/mol. The van der Waals surface area contributed by atoms with Crippen molar-refractivity contribution in [2.24, 2.45) is 5.73 Å². The summed E-state index contributed by atoms with van der Waals surface area (Å²) >= 11 is 0. The van der Waals surface area contributed by atoms with Crippen LogP contribution >= 0.6 is 12.4 Å². The van der Waals surface area contributed by atoms with Crippen molar-refractivity contribution < 1.29 is 9.59 Å². The first-order chi connectivity index (χ1) is 9.40. The van der Waals surface area contributed by atoms with Gasteiger partial charge in [0.05, 0.1) is 0 Å². The number of amides is 3. The second kappa shape index (κ2) is 9.20. The highest BCUT2D eigenvalue weighted by Crippen LogP contribution is 2.11. The van der Waals surface area contributed by atoms with Crippen molar-refractivity contribution in [2.45, 2.75) is 19.4 Å². The molecule has 0 saturated carbocycles. The minimum absolute atomic E-state index is 0. The van der Waals surface area contributed by atoms with Crippen molar-refractivity contribution >= 4 is 30.0 Å². The van der Waals surface area contributed by atoms with Crippen LogP contribution in [0.1, 0.15) is 23.7 Å². The molecule has 0 heterocycles. The second-order valence-corrected chi connectivity index (χ2v) is 4.93. The molecule has 3 amide bonds. The molecule has 118 valence electrons. The molecule has 0 radical (unpaired) electrons. The summed E-state index contributed by atoms with van der Waals surface area (Å²) in [6.07, 6.45) is 0.725. The summed E-state index contributed by atoms with van der Waals surface area (Å²) in [5, 5.41) is 5.49. The molecule has 0 aromatic heterocycles. The lowest BCUT2D eigenvalue weighted by molar-refractivity contribution is 0.0953. The molecule has 1 unspecified atom stereocenters. The van der Waals surface area contributed by atoms with E-state index in [9.17, 15) is 9.59 Å². The number of hydrogen-bond acceptors (Lipinski definition) is 3. The zero-order chi connectivity index (χ0) is 15.1. The number of rotatable bonds is 5. The van der Waals surface area contributed by atoms with Gasteiger partial charge in [-0.1, -0.05) is 6.07 Å². The third-order valence-corrected chi connectivity index (χ3v) is 2.67. The van der Waals surface area contributed by atoms with Gasteiger partial charge in [0, 0.05) is 37.9 Å². The van der Waals surface area contributed by atoms with Crippen LogP contribution in [0.25, 0.3) is 0 Å². The lowest BCUT2D eigenvalue weighted by Crippen LogP contribution is -2.29. The van der Waals surface area contributed by atoms with Gasteiger partial charge in [-0.15, -0.1) is 12.4 Å². The number of nitrogens with zero attached hydrogens (tertiary/aromatic N) is 1. The maximum absolute atomic E-state index is 11.9. The van der Waals surface area contributed by atoms with E-state index in [0.29, 0.717) is 17.8 Å². The molecule has 7 heteroatoms. The predicted octanol–water partition coefficient (Wildman–Crippen LogP) is 1.67. The Bertz CT molecular complexity index is 478. The Labute approximate surface area is 131 Å². The zero-order valence-corrected chi connectivity index (χ0v) is 13.4. The van der Waals surface area contributed by atoms with E-state index >= 15 is 0 Å². The maximum atomic E-state index is 11.9. The number of nitrogens with one attached hydrogen (secondary N) is 2. The van der Waals surface area contributed by atoms with Gasteiger partial charge in [0.2, 0.25) is 0 Å². The summed E-state index contributed by atoms with van der Waals surface area (Å²) in [6, 6.07) is 6.63. The standard InChI is InChI=1S/C14H22N4O2.ClH/c1-10(15)7-8-16-13(19)11-5-4-6-12(9-11)17-14(20)18(2)3;/h4-6,9-10H,7-8,15H2,1-3H3,(H,16,19)(H,17,20);1H. The number of nitrogens with two attached hydrogens (primary N) is 1. The van der Waals surface area contributed by atoms with Crippen LogP contribution in [0, 0.1) is 0 Å². The molecule has 21 heavy (non-hydrogen) atoms. The van der Waals surface area contributed by atoms with Crippen molar-refractivity contribution in [1.82, 2.24) is 10.2 Å². The van der Waals surface area contributed by atoms with Crippen LogP contribution in [0.5, 0.6) is 0 Å². The summed E-state index contributed by atoms with van der Waals surface area (Å²) in [4.78, 5) is 24.9. The topological polar surface area (TPSA) is 87.5 Å². The Kier molecular flexibility index (Phi) is 8.42. The largest absolute Gasteiger partial charge is 0.352 e. The lowest BCUT2D eigenvalue weighted by atomic mass is 10.2. The zero-order valence-electron chi connectivity index (χ0n) is 12.6. The highest BCUT2D eigenvalue weighted by Gasteiger charge is 2.08. The van der Waals surface area contributed by atoms with Crippen LogP contribution in [0.2, 0.25) is 0 Å². The summed E-state index contributed by atoms with van der Waals surface area (Å²) in [5.41, 5.74) is 6.71. The van der Waals surface area contributed by atoms with Crippen molar-refractivity contribution in [3.63, 3.8) is 0 Å². The van der Waals surface area contributed by atoms with E-state index in [1.807, 2.05) is 6.92 Å². The predicted molar refractivity (Wildman–Crippen MR) is 87.0 cm³/mol. The number of hydrogen-bond donors (Lipinski definition) is 3. The van der Waals surface area contributed by atoms with Crippen LogP contribution in [0.4, 0.5) is 10.5 Å². The van der Waals surface area contributed by atoms with Gasteiger partial charge >= 0.3 is 6.03 Å². The highest BCUT2D eigenvalue weighted by atomic mass is 35.5. The average Bonchev–Trinajstić information content (AvgIpc) is 2.38. The van der Waals surface area contributed by atoms with Gasteiger partial charge in [0.1, 0.15) is 0 Å². The molecule has 1 atom stereocenters. The fourth-order valence-corrected chi connectivity index (χ4v) is 1.49. The van der Waals surface area contributed by atoms with E-state index < -0.39 is 0 Å². The SMILES string of the molecule is CC(N)CCNC(=O)c1cccc(NC(=O)N(C)C)c1.Cl. The van der Waals surface area contributed by atoms with Crippen LogP contribution in [0.15, 0.2) is 24.3 Å². The van der Waals surface area contributed by atoms with Gasteiger partial charge in [-0.2, -0.15) is 0 Å². The number of carbonyl (C=O) groups is 2. The van der Waals surface area contributed by atoms with Gasteiger partial charge < -0.3 is 21.3 Å². The van der Waals surface area contributed by atoms with Crippen LogP contribution in [-0.2, 0) is 0 Å². The first-order valence-electron chi connectivity index (χ1n) is 6.52. The van der Waals surface area contributed by atoms with Crippen molar-refractivity contribution in [3.05, 3.63) is 29.8 Å². The Hall–Kier alpha value is -1.79. The van der Waals surface area contributed by atoms with Gasteiger partial charge in [-0.05, 0) is 31.5 Å². The van der Waals surface area contributed by atoms with Crippen LogP contribution in [0.3, 0.4) is 0 Å². The molecule has 1 rings (SSSR count). The highest BCUT2D eigenvalue weighted by molar-refractivity contribution is 5.96. The Morgan fingerprint density at radius 2 is 2.00 bits per heavy atom. The monoisotopic (exact) mass is 314 g/mol. The Morgan fingerprint density at radius 3 is 2.57 bits per heavy atom. The summed E-state index contributed by atoms with van der Waals surface area (Å²) in [6.45, 7) is 2.42. The normalized spacial score (nSPS) is 11.0. The number of urea groups is 1. The summed E-state index contributed by atoms with van der Waals surface area (Å²) < 4.78 is 0. The molecule has 0 aliphatic rings. The fraction of sp³-hybridized carbons (Fsp3) is 0.429. The molecule has 1 aromatic carbocycles. The molecule has 0 bridgehead atoms. The quantitative estimate of drug-likeness (QED) is 0.772. The Balaban J connectivity index is 0.00000400. The lowest BCUT2D eigenvalue weighted by Gasteiger charge is -2.13. The minimum atomic E-state index is -0.237. The molecular formula is C14H23ClN4O2. The molecule has 6 nitrogen and oxygen atoms in total. The van der Waals surface area contributed by atoms with Crippen LogP contribution in [-0.4, -0.2) is 43.5 Å². The van der Waals surface area contributed by atoms with Gasteiger partial charge in [-0.3, -0.25) is 4.79 Å². The smallest absolute Gasteiger partial charge is 0.321 e. The Morgan fingerprint density at radius 1 is 1.33 bits per heavy atom. The number of benzene rings is 1. The fourth-order valence-electron chi connectivity index (χ4n) is 1.49. The van der Waals surface area contributed by atoms with E-state index in [-0.39, 0.29) is 30.4 Å². The van der Waals surface area contributed by atoms with Gasteiger partial charge in [0.15, 0.2) is 0 Å². The molecule has 4 N–H and O–H groups in total. The summed E-state index contributed by atoms with van der Waals surface area (Å²) in [7, 11) is 3.31. The first-order valence-corrected chi connectivity index (χ1v) is 6.52. The van der Waals surface area contributed by atoms with Crippen LogP contribution < -0.4 is 16.4 Å². The van der Waals surface area contributed by atoms with Crippen molar-refractivity contribution in [1.29, 1.82) is 0 Å². The summed E-state index contributed by atoms with van der Waals surface area (Å²) in [5.74, 6) is -0.174. The third kappa shape index (κ3) is 6.97. The van der Waals surface area contributed by atoms with E-state index in [4.69, 9.17) is 5.73 Å². The van der Waals surface area contributed by atoms with E-state index in [2.05, 4.69) is 10.6 Å².